The van der Waals surface area contributed by atoms with Crippen LogP contribution in [0.5, 0.6) is 5.75 Å². The number of amides is 10. The Bertz CT molecular complexity index is 2320. The number of carbonyl (C=O) groups excluding carboxylic acids is 10. The summed E-state index contributed by atoms with van der Waals surface area (Å²) in [6.07, 6.45) is -0.112. The number of ether oxygens (including phenoxy) is 1. The number of aliphatic imine (C=N–C) groups is 2. The molecule has 19 N–H and O–H groups in total. The van der Waals surface area contributed by atoms with Gasteiger partial charge in [0.1, 0.15) is 54.1 Å². The highest BCUT2D eigenvalue weighted by Crippen LogP contribution is 2.22. The van der Waals surface area contributed by atoms with Crippen molar-refractivity contribution in [2.45, 2.75) is 127 Å². The molecule has 434 valence electrons. The number of thiol groups is 2. The number of hydrogen-bond acceptors (Lipinski definition) is 16. The van der Waals surface area contributed by atoms with Crippen molar-refractivity contribution in [1.29, 1.82) is 0 Å². The normalized spacial score (nSPS) is 15.8. The predicted molar refractivity (Wildman–Crippen MR) is 292 cm³/mol. The molecule has 0 saturated carbocycles. The molecule has 1 fully saturated rings. The Kier molecular flexibility index (Phi) is 29.2. The molecule has 1 aliphatic rings. The van der Waals surface area contributed by atoms with E-state index in [2.05, 4.69) is 77.8 Å². The molecule has 0 aliphatic carbocycles. The lowest BCUT2D eigenvalue weighted by atomic mass is 9.97. The molecule has 1 heterocycles. The van der Waals surface area contributed by atoms with E-state index in [1.165, 1.54) is 18.9 Å². The molecule has 1 aromatic rings. The van der Waals surface area contributed by atoms with Gasteiger partial charge in [0, 0.05) is 44.5 Å². The van der Waals surface area contributed by atoms with E-state index in [-0.39, 0.29) is 81.6 Å². The lowest BCUT2D eigenvalue weighted by Crippen LogP contribution is -2.60. The Balaban J connectivity index is 2.38. The van der Waals surface area contributed by atoms with Gasteiger partial charge in [-0.05, 0) is 62.1 Å². The van der Waals surface area contributed by atoms with E-state index in [0.717, 1.165) is 0 Å². The molecule has 1 saturated heterocycles. The van der Waals surface area contributed by atoms with Gasteiger partial charge in [0.2, 0.25) is 59.1 Å². The molecule has 0 spiro atoms. The van der Waals surface area contributed by atoms with Gasteiger partial charge in [-0.15, -0.1) is 0 Å². The number of carbonyl (C=O) groups is 11. The van der Waals surface area contributed by atoms with Crippen LogP contribution >= 0.6 is 25.3 Å². The molecular weight excluding hydrogens is 1060 g/mol. The van der Waals surface area contributed by atoms with Gasteiger partial charge in [-0.1, -0.05) is 32.4 Å². The number of guanidine groups is 2. The van der Waals surface area contributed by atoms with Crippen molar-refractivity contribution in [1.82, 2.24) is 47.4 Å². The number of hydrogen-bond donors (Lipinski definition) is 16. The lowest BCUT2D eigenvalue weighted by Gasteiger charge is -2.32. The van der Waals surface area contributed by atoms with Crippen molar-refractivity contribution in [3.05, 3.63) is 29.8 Å². The molecule has 0 unspecified atom stereocenters. The van der Waals surface area contributed by atoms with Crippen molar-refractivity contribution < 1.29 is 62.6 Å². The van der Waals surface area contributed by atoms with Crippen LogP contribution < -0.4 is 75.9 Å². The van der Waals surface area contributed by atoms with Crippen LogP contribution in [0, 0.1) is 5.92 Å². The summed E-state index contributed by atoms with van der Waals surface area (Å²) in [4.78, 5) is 155. The van der Waals surface area contributed by atoms with E-state index in [0.29, 0.717) is 24.2 Å². The number of aliphatic carboxylic acids is 1. The third-order valence-corrected chi connectivity index (χ3v) is 12.9. The van der Waals surface area contributed by atoms with Gasteiger partial charge < -0.3 is 85.9 Å². The Morgan fingerprint density at radius 1 is 0.705 bits per heavy atom. The smallest absolute Gasteiger partial charge is 0.305 e. The summed E-state index contributed by atoms with van der Waals surface area (Å²) in [5.74, 6) is -10.5. The first-order valence-corrected chi connectivity index (χ1v) is 26.2. The fraction of sp³-hybridized carbons (Fsp3) is 0.596. The number of carboxylic acids is 1. The average Bonchev–Trinajstić information content (AvgIpc) is 3.89. The van der Waals surface area contributed by atoms with Crippen molar-refractivity contribution in [3.63, 3.8) is 0 Å². The van der Waals surface area contributed by atoms with Crippen molar-refractivity contribution in [3.8, 4) is 5.75 Å². The van der Waals surface area contributed by atoms with Gasteiger partial charge in [0.25, 0.3) is 0 Å². The summed E-state index contributed by atoms with van der Waals surface area (Å²) in [5, 5.41) is 29.7. The summed E-state index contributed by atoms with van der Waals surface area (Å²) in [5.41, 5.74) is 27.7. The number of rotatable bonds is 34. The molecule has 9 atom stereocenters. The van der Waals surface area contributed by atoms with Crippen LogP contribution in [-0.4, -0.2) is 180 Å². The molecular formula is C47H76N16O13S2. The SMILES string of the molecule is CC[C@H](C)[C@H](NC(=O)[C@H](CS)NC(C)=O)C(=O)N1CCC[C@H]1C(=O)N[C@@H](CCCN=C(N)N)C(=O)NCC(=O)N[C@@H](CC(=O)O)C(=O)N[C@@H](Cc1ccc(OC)cc1)C(=O)N[C@@H](CCCN=C(N)N)C(=O)N[C@@H](CS)C(N)=O. The molecule has 2 rings (SSSR count). The van der Waals surface area contributed by atoms with E-state index in [1.54, 1.807) is 31.2 Å². The van der Waals surface area contributed by atoms with Crippen LogP contribution in [0.15, 0.2) is 34.3 Å². The topological polar surface area (TPSA) is 472 Å². The predicted octanol–water partition coefficient (Wildman–Crippen LogP) is -5.27. The van der Waals surface area contributed by atoms with E-state index in [9.17, 15) is 57.8 Å². The highest BCUT2D eigenvalue weighted by molar-refractivity contribution is 7.80. The zero-order valence-corrected chi connectivity index (χ0v) is 45.9. The maximum atomic E-state index is 14.1. The van der Waals surface area contributed by atoms with Crippen LogP contribution in [0.3, 0.4) is 0 Å². The number of nitrogens with two attached hydrogens (primary N) is 5. The van der Waals surface area contributed by atoms with Crippen molar-refractivity contribution in [2.24, 2.45) is 44.6 Å². The molecule has 1 aliphatic heterocycles. The van der Waals surface area contributed by atoms with Gasteiger partial charge in [-0.25, -0.2) is 0 Å². The quantitative estimate of drug-likeness (QED) is 0.0133. The maximum Gasteiger partial charge on any atom is 0.305 e. The van der Waals surface area contributed by atoms with E-state index in [1.807, 2.05) is 6.92 Å². The van der Waals surface area contributed by atoms with Crippen LogP contribution in [0.25, 0.3) is 0 Å². The van der Waals surface area contributed by atoms with Gasteiger partial charge in [0.15, 0.2) is 11.9 Å². The number of nitrogens with one attached hydrogen (secondary N) is 8. The molecule has 0 bridgehead atoms. The standard InChI is InChI=1S/C47H76N16O13S2/c1-5-24(2)37(62-43(73)33(23-78)56-25(3)64)45(75)63-18-8-11-34(63)44(74)59-28(9-6-16-53-46(49)50)39(69)55-21-35(65)57-31(20-36(66)67)42(72)60-30(19-26-12-14-27(76-4)15-13-26)41(71)58-29(10-7-17-54-47(51)52)40(70)61-32(22-77)38(48)68/h12-15,24,28-34,37,77-78H,5-11,16-23H2,1-4H3,(H2,48,68)(H,55,69)(H,56,64)(H,57,65)(H,58,71)(H,59,74)(H,60,72)(H,61,70)(H,62,73)(H,66,67)(H4,49,50,53)(H4,51,52,54)/t24-,28-,29-,30-,31-,32-,33-,34-,37-/m0/s1. The van der Waals surface area contributed by atoms with E-state index >= 15 is 0 Å². The number of benzene rings is 1. The van der Waals surface area contributed by atoms with Gasteiger partial charge in [0.05, 0.1) is 20.1 Å². The Hall–Kier alpha value is -7.57. The molecule has 0 aromatic heterocycles. The monoisotopic (exact) mass is 1140 g/mol. The first-order valence-electron chi connectivity index (χ1n) is 25.0. The zero-order valence-electron chi connectivity index (χ0n) is 44.1. The minimum Gasteiger partial charge on any atom is -0.497 e. The largest absolute Gasteiger partial charge is 0.497 e. The summed E-state index contributed by atoms with van der Waals surface area (Å²) >= 11 is 8.20. The first-order chi connectivity index (χ1) is 36.8. The van der Waals surface area contributed by atoms with Gasteiger partial charge >= 0.3 is 5.97 Å². The highest BCUT2D eigenvalue weighted by Gasteiger charge is 2.41. The summed E-state index contributed by atoms with van der Waals surface area (Å²) in [6, 6.07) is -4.28. The van der Waals surface area contributed by atoms with E-state index in [4.69, 9.17) is 33.4 Å². The molecule has 31 heteroatoms. The number of likely N-dealkylation sites (tertiary alicyclic amines) is 1. The van der Waals surface area contributed by atoms with Crippen molar-refractivity contribution >= 4 is 102 Å². The number of nitrogens with zero attached hydrogens (tertiary/aromatic N) is 3. The highest BCUT2D eigenvalue weighted by atomic mass is 32.1. The second kappa shape index (κ2) is 34.2. The van der Waals surface area contributed by atoms with Gasteiger partial charge in [-0.3, -0.25) is 62.7 Å². The average molecular weight is 1140 g/mol. The molecule has 29 nitrogen and oxygen atoms in total. The Morgan fingerprint density at radius 3 is 1.74 bits per heavy atom. The van der Waals surface area contributed by atoms with Crippen LogP contribution in [0.4, 0.5) is 0 Å². The minimum atomic E-state index is -1.86. The summed E-state index contributed by atoms with van der Waals surface area (Å²) in [6.45, 7) is 4.12. The van der Waals surface area contributed by atoms with Crippen LogP contribution in [-0.2, 0) is 59.2 Å². The first kappa shape index (κ1) is 66.5. The molecule has 0 radical (unpaired) electrons. The fourth-order valence-corrected chi connectivity index (χ4v) is 8.35. The minimum absolute atomic E-state index is 0.0289. The molecule has 1 aromatic carbocycles. The third-order valence-electron chi connectivity index (χ3n) is 12.2. The molecule has 78 heavy (non-hydrogen) atoms. The maximum absolute atomic E-state index is 14.1. The lowest BCUT2D eigenvalue weighted by molar-refractivity contribution is -0.143. The van der Waals surface area contributed by atoms with Crippen LogP contribution in [0.1, 0.15) is 77.7 Å². The number of primary amides is 1. The fourth-order valence-electron chi connectivity index (χ4n) is 7.82. The Labute approximate surface area is 462 Å². The van der Waals surface area contributed by atoms with Gasteiger partial charge in [-0.2, -0.15) is 25.3 Å². The number of carboxylic acid groups (broad SMARTS) is 1. The number of methoxy groups -OCH3 is 1. The zero-order chi connectivity index (χ0) is 58.6. The second-order valence-corrected chi connectivity index (χ2v) is 18.9. The molecule has 10 amide bonds. The second-order valence-electron chi connectivity index (χ2n) is 18.2. The van der Waals surface area contributed by atoms with Crippen LogP contribution in [0.2, 0.25) is 0 Å². The third kappa shape index (κ3) is 23.4. The summed E-state index contributed by atoms with van der Waals surface area (Å²) in [7, 11) is 1.43. The van der Waals surface area contributed by atoms with Crippen molar-refractivity contribution in [2.75, 3.05) is 44.8 Å². The van der Waals surface area contributed by atoms with E-state index < -0.39 is 132 Å². The summed E-state index contributed by atoms with van der Waals surface area (Å²) < 4.78 is 5.22. The Morgan fingerprint density at radius 2 is 1.23 bits per heavy atom.